The standard InChI is InChI=1S/C14H21N5O3/c1-2-21-22-9-10-6-16-14-12(7-17-18-14)13(10)19-3-4-20-11(5-15)8-19/h6-7,11H,2-5,8-9,15H2,1H3,(H,16,17,18). The molecule has 3 N–H and O–H groups in total. The number of aromatic amines is 1. The van der Waals surface area contributed by atoms with Crippen LogP contribution in [-0.4, -0.2) is 54.1 Å². The Morgan fingerprint density at radius 3 is 3.18 bits per heavy atom. The van der Waals surface area contributed by atoms with E-state index in [1.54, 1.807) is 12.4 Å². The molecule has 0 aliphatic carbocycles. The third kappa shape index (κ3) is 3.05. The zero-order chi connectivity index (χ0) is 15.4. The molecule has 1 saturated heterocycles. The summed E-state index contributed by atoms with van der Waals surface area (Å²) < 4.78 is 5.65. The van der Waals surface area contributed by atoms with Gasteiger partial charge in [-0.3, -0.25) is 5.10 Å². The van der Waals surface area contributed by atoms with Gasteiger partial charge in [-0.2, -0.15) is 5.10 Å². The molecule has 1 aliphatic rings. The van der Waals surface area contributed by atoms with Crippen LogP contribution in [0.4, 0.5) is 5.69 Å². The van der Waals surface area contributed by atoms with Gasteiger partial charge >= 0.3 is 0 Å². The second kappa shape index (κ2) is 7.01. The minimum atomic E-state index is 0.0320. The van der Waals surface area contributed by atoms with Gasteiger partial charge in [0.1, 0.15) is 6.61 Å². The van der Waals surface area contributed by atoms with Crippen LogP contribution in [0.5, 0.6) is 0 Å². The van der Waals surface area contributed by atoms with Crippen LogP contribution in [0.2, 0.25) is 0 Å². The molecular formula is C14H21N5O3. The molecule has 120 valence electrons. The molecule has 2 aromatic rings. The fourth-order valence-corrected chi connectivity index (χ4v) is 2.66. The summed E-state index contributed by atoms with van der Waals surface area (Å²) >= 11 is 0. The first kappa shape index (κ1) is 15.2. The van der Waals surface area contributed by atoms with E-state index in [4.69, 9.17) is 20.2 Å². The number of anilines is 1. The first-order chi connectivity index (χ1) is 10.8. The van der Waals surface area contributed by atoms with Gasteiger partial charge in [-0.25, -0.2) is 14.8 Å². The molecule has 3 heterocycles. The van der Waals surface area contributed by atoms with Crippen molar-refractivity contribution in [2.24, 2.45) is 5.73 Å². The quantitative estimate of drug-likeness (QED) is 0.458. The average molecular weight is 307 g/mol. The number of H-pyrrole nitrogens is 1. The highest BCUT2D eigenvalue weighted by atomic mass is 17.2. The van der Waals surface area contributed by atoms with Crippen LogP contribution in [0.15, 0.2) is 12.4 Å². The van der Waals surface area contributed by atoms with Crippen molar-refractivity contribution in [1.29, 1.82) is 0 Å². The van der Waals surface area contributed by atoms with E-state index in [2.05, 4.69) is 20.1 Å². The SMILES string of the molecule is CCOOCc1cnc2[nH]ncc2c1N1CCOC(CN)C1. The van der Waals surface area contributed by atoms with Gasteiger partial charge in [0, 0.05) is 31.4 Å². The Balaban J connectivity index is 1.93. The molecular weight excluding hydrogens is 286 g/mol. The number of nitrogens with one attached hydrogen (secondary N) is 1. The van der Waals surface area contributed by atoms with Crippen molar-refractivity contribution in [3.8, 4) is 0 Å². The van der Waals surface area contributed by atoms with Crippen molar-refractivity contribution in [2.75, 3.05) is 37.7 Å². The number of hydrogen-bond acceptors (Lipinski definition) is 7. The average Bonchev–Trinajstić information content (AvgIpc) is 3.03. The van der Waals surface area contributed by atoms with Crippen molar-refractivity contribution < 1.29 is 14.5 Å². The lowest BCUT2D eigenvalue weighted by atomic mass is 10.1. The fraction of sp³-hybridized carbons (Fsp3) is 0.571. The maximum Gasteiger partial charge on any atom is 0.157 e. The second-order valence-corrected chi connectivity index (χ2v) is 5.11. The molecule has 0 radical (unpaired) electrons. The maximum atomic E-state index is 5.75. The zero-order valence-electron chi connectivity index (χ0n) is 12.6. The second-order valence-electron chi connectivity index (χ2n) is 5.11. The molecule has 8 nitrogen and oxygen atoms in total. The van der Waals surface area contributed by atoms with Gasteiger partial charge < -0.3 is 15.4 Å². The zero-order valence-corrected chi connectivity index (χ0v) is 12.6. The van der Waals surface area contributed by atoms with Crippen LogP contribution >= 0.6 is 0 Å². The molecule has 1 fully saturated rings. The molecule has 3 rings (SSSR count). The number of hydrogen-bond donors (Lipinski definition) is 2. The van der Waals surface area contributed by atoms with Gasteiger partial charge in [0.25, 0.3) is 0 Å². The summed E-state index contributed by atoms with van der Waals surface area (Å²) in [5.74, 6) is 0. The highest BCUT2D eigenvalue weighted by molar-refractivity contribution is 5.90. The molecule has 0 saturated carbocycles. The summed E-state index contributed by atoms with van der Waals surface area (Å²) in [6, 6.07) is 0. The van der Waals surface area contributed by atoms with E-state index in [9.17, 15) is 0 Å². The first-order valence-electron chi connectivity index (χ1n) is 7.45. The summed E-state index contributed by atoms with van der Waals surface area (Å²) in [7, 11) is 0. The van der Waals surface area contributed by atoms with Crippen molar-refractivity contribution in [3.05, 3.63) is 18.0 Å². The molecule has 1 unspecified atom stereocenters. The number of rotatable bonds is 6. The van der Waals surface area contributed by atoms with Crippen LogP contribution in [0, 0.1) is 0 Å². The predicted octanol–water partition coefficient (Wildman–Crippen LogP) is 0.590. The summed E-state index contributed by atoms with van der Waals surface area (Å²) in [5.41, 5.74) is 8.51. The number of morpholine rings is 1. The largest absolute Gasteiger partial charge is 0.373 e. The van der Waals surface area contributed by atoms with Crippen LogP contribution in [0.3, 0.4) is 0 Å². The van der Waals surface area contributed by atoms with E-state index in [0.717, 1.165) is 35.4 Å². The third-order valence-electron chi connectivity index (χ3n) is 3.66. The lowest BCUT2D eigenvalue weighted by molar-refractivity contribution is -0.300. The smallest absolute Gasteiger partial charge is 0.157 e. The van der Waals surface area contributed by atoms with Crippen molar-refractivity contribution >= 4 is 16.7 Å². The minimum absolute atomic E-state index is 0.0320. The van der Waals surface area contributed by atoms with Gasteiger partial charge in [-0.15, -0.1) is 0 Å². The Bertz CT molecular complexity index is 618. The number of pyridine rings is 1. The van der Waals surface area contributed by atoms with Crippen molar-refractivity contribution in [2.45, 2.75) is 19.6 Å². The Morgan fingerprint density at radius 1 is 1.45 bits per heavy atom. The van der Waals surface area contributed by atoms with E-state index in [0.29, 0.717) is 26.4 Å². The molecule has 0 amide bonds. The Kier molecular flexibility index (Phi) is 4.84. The first-order valence-corrected chi connectivity index (χ1v) is 7.45. The Hall–Kier alpha value is -1.74. The monoisotopic (exact) mass is 307 g/mol. The molecule has 8 heteroatoms. The molecule has 1 atom stereocenters. The number of ether oxygens (including phenoxy) is 1. The minimum Gasteiger partial charge on any atom is -0.373 e. The normalized spacial score (nSPS) is 19.0. The number of aromatic nitrogens is 3. The summed E-state index contributed by atoms with van der Waals surface area (Å²) in [6.45, 7) is 5.40. The van der Waals surface area contributed by atoms with E-state index in [1.807, 2.05) is 6.92 Å². The highest BCUT2D eigenvalue weighted by Crippen LogP contribution is 2.30. The molecule has 22 heavy (non-hydrogen) atoms. The Morgan fingerprint density at radius 2 is 2.36 bits per heavy atom. The molecule has 0 aromatic carbocycles. The number of nitrogens with two attached hydrogens (primary N) is 1. The summed E-state index contributed by atoms with van der Waals surface area (Å²) in [6.07, 6.45) is 3.61. The lowest BCUT2D eigenvalue weighted by Crippen LogP contribution is -2.46. The lowest BCUT2D eigenvalue weighted by Gasteiger charge is -2.35. The van der Waals surface area contributed by atoms with Gasteiger partial charge in [-0.1, -0.05) is 0 Å². The predicted molar refractivity (Wildman–Crippen MR) is 81.3 cm³/mol. The summed E-state index contributed by atoms with van der Waals surface area (Å²) in [5, 5.41) is 7.96. The van der Waals surface area contributed by atoms with Crippen molar-refractivity contribution in [1.82, 2.24) is 15.2 Å². The van der Waals surface area contributed by atoms with Crippen molar-refractivity contribution in [3.63, 3.8) is 0 Å². The summed E-state index contributed by atoms with van der Waals surface area (Å²) in [4.78, 5) is 16.9. The van der Waals surface area contributed by atoms with Crippen LogP contribution in [-0.2, 0) is 21.1 Å². The fourth-order valence-electron chi connectivity index (χ4n) is 2.66. The third-order valence-corrected chi connectivity index (χ3v) is 3.66. The van der Waals surface area contributed by atoms with E-state index in [1.165, 1.54) is 0 Å². The molecule has 0 bridgehead atoms. The van der Waals surface area contributed by atoms with Gasteiger partial charge in [0.2, 0.25) is 0 Å². The topological polar surface area (TPSA) is 98.5 Å². The molecule has 0 spiro atoms. The van der Waals surface area contributed by atoms with Crippen LogP contribution in [0.1, 0.15) is 12.5 Å². The van der Waals surface area contributed by atoms with Gasteiger partial charge in [0.05, 0.1) is 36.6 Å². The Labute approximate surface area is 128 Å². The van der Waals surface area contributed by atoms with E-state index in [-0.39, 0.29) is 6.10 Å². The maximum absolute atomic E-state index is 5.75. The van der Waals surface area contributed by atoms with Gasteiger partial charge in [-0.05, 0) is 6.92 Å². The van der Waals surface area contributed by atoms with Gasteiger partial charge in [0.15, 0.2) is 5.65 Å². The number of fused-ring (bicyclic) bond motifs is 1. The number of nitrogens with zero attached hydrogens (tertiary/aromatic N) is 3. The van der Waals surface area contributed by atoms with E-state index < -0.39 is 0 Å². The highest BCUT2D eigenvalue weighted by Gasteiger charge is 2.24. The van der Waals surface area contributed by atoms with E-state index >= 15 is 0 Å². The van der Waals surface area contributed by atoms with Crippen LogP contribution < -0.4 is 10.6 Å². The molecule has 2 aromatic heterocycles. The molecule has 1 aliphatic heterocycles. The van der Waals surface area contributed by atoms with Crippen LogP contribution in [0.25, 0.3) is 11.0 Å².